The van der Waals surface area contributed by atoms with Crippen LogP contribution in [0.5, 0.6) is 5.75 Å². The molecule has 1 aliphatic carbocycles. The molecule has 2 aliphatic rings. The Labute approximate surface area is 153 Å². The Balaban J connectivity index is 1.42. The van der Waals surface area contributed by atoms with Gasteiger partial charge in [-0.2, -0.15) is 0 Å². The lowest BCUT2D eigenvalue weighted by molar-refractivity contribution is -0.128. The number of amides is 2. The molecule has 0 aromatic heterocycles. The van der Waals surface area contributed by atoms with E-state index in [4.69, 9.17) is 4.74 Å². The van der Waals surface area contributed by atoms with Gasteiger partial charge in [0.05, 0.1) is 12.2 Å². The molecule has 1 aliphatic heterocycles. The Morgan fingerprint density at radius 3 is 2.54 bits per heavy atom. The first kappa shape index (κ1) is 16.6. The van der Waals surface area contributed by atoms with Crippen LogP contribution in [0.1, 0.15) is 18.4 Å². The fourth-order valence-corrected chi connectivity index (χ4v) is 3.22. The van der Waals surface area contributed by atoms with Crippen molar-refractivity contribution in [2.24, 2.45) is 5.92 Å². The Kier molecular flexibility index (Phi) is 4.61. The number of carbonyl (C=O) groups excluding carboxylic acids is 2. The van der Waals surface area contributed by atoms with E-state index < -0.39 is 6.10 Å². The summed E-state index contributed by atoms with van der Waals surface area (Å²) in [6, 6.07) is 17.4. The SMILES string of the molecule is O=C(NCCc1ccccc1)[C@H]1CN(C(=O)C2CC2)c2ccccc2O1. The van der Waals surface area contributed by atoms with E-state index in [-0.39, 0.29) is 24.3 Å². The van der Waals surface area contributed by atoms with Crippen LogP contribution in [0.2, 0.25) is 0 Å². The number of nitrogens with zero attached hydrogens (tertiary/aromatic N) is 1. The van der Waals surface area contributed by atoms with Gasteiger partial charge in [0.25, 0.3) is 5.91 Å². The van der Waals surface area contributed by atoms with Crippen molar-refractivity contribution in [2.45, 2.75) is 25.4 Å². The number of para-hydroxylation sites is 2. The average Bonchev–Trinajstić information content (AvgIpc) is 3.52. The zero-order valence-corrected chi connectivity index (χ0v) is 14.6. The summed E-state index contributed by atoms with van der Waals surface area (Å²) in [5.74, 6) is 0.616. The summed E-state index contributed by atoms with van der Waals surface area (Å²) in [6.45, 7) is 0.810. The van der Waals surface area contributed by atoms with Crippen LogP contribution in [0, 0.1) is 5.92 Å². The first-order chi connectivity index (χ1) is 12.7. The highest BCUT2D eigenvalue weighted by Gasteiger charge is 2.39. The summed E-state index contributed by atoms with van der Waals surface area (Å²) in [4.78, 5) is 26.9. The van der Waals surface area contributed by atoms with Crippen LogP contribution in [-0.2, 0) is 16.0 Å². The molecule has 1 atom stereocenters. The van der Waals surface area contributed by atoms with E-state index in [1.165, 1.54) is 5.56 Å². The van der Waals surface area contributed by atoms with Crippen molar-refractivity contribution >= 4 is 17.5 Å². The van der Waals surface area contributed by atoms with Crippen LogP contribution >= 0.6 is 0 Å². The highest BCUT2D eigenvalue weighted by atomic mass is 16.5. The third-order valence-corrected chi connectivity index (χ3v) is 4.81. The largest absolute Gasteiger partial charge is 0.477 e. The number of fused-ring (bicyclic) bond motifs is 1. The maximum absolute atomic E-state index is 12.6. The molecule has 1 N–H and O–H groups in total. The second kappa shape index (κ2) is 7.20. The molecule has 2 amide bonds. The molecule has 4 rings (SSSR count). The van der Waals surface area contributed by atoms with Crippen molar-refractivity contribution in [1.82, 2.24) is 5.32 Å². The summed E-state index contributed by atoms with van der Waals surface area (Å²) in [6.07, 6.45) is 1.96. The monoisotopic (exact) mass is 350 g/mol. The predicted octanol–water partition coefficient (Wildman–Crippen LogP) is 2.55. The topological polar surface area (TPSA) is 58.6 Å². The van der Waals surface area contributed by atoms with Gasteiger partial charge in [-0.3, -0.25) is 9.59 Å². The summed E-state index contributed by atoms with van der Waals surface area (Å²) >= 11 is 0. The van der Waals surface area contributed by atoms with Gasteiger partial charge in [-0.15, -0.1) is 0 Å². The molecule has 26 heavy (non-hydrogen) atoms. The minimum atomic E-state index is -0.677. The van der Waals surface area contributed by atoms with Crippen LogP contribution in [0.25, 0.3) is 0 Å². The molecular weight excluding hydrogens is 328 g/mol. The molecule has 134 valence electrons. The summed E-state index contributed by atoms with van der Waals surface area (Å²) in [5, 5.41) is 2.93. The molecule has 2 aromatic carbocycles. The molecule has 0 spiro atoms. The molecule has 1 heterocycles. The van der Waals surface area contributed by atoms with Gasteiger partial charge in [0.1, 0.15) is 5.75 Å². The van der Waals surface area contributed by atoms with Gasteiger partial charge in [0, 0.05) is 12.5 Å². The van der Waals surface area contributed by atoms with Crippen LogP contribution in [-0.4, -0.2) is 31.0 Å². The first-order valence-electron chi connectivity index (χ1n) is 9.11. The minimum absolute atomic E-state index is 0.0998. The van der Waals surface area contributed by atoms with E-state index in [1.807, 2.05) is 54.6 Å². The van der Waals surface area contributed by atoms with Gasteiger partial charge in [-0.1, -0.05) is 42.5 Å². The van der Waals surface area contributed by atoms with Crippen molar-refractivity contribution in [1.29, 1.82) is 0 Å². The lowest BCUT2D eigenvalue weighted by atomic mass is 10.1. The predicted molar refractivity (Wildman–Crippen MR) is 99.1 cm³/mol. The van der Waals surface area contributed by atoms with E-state index in [9.17, 15) is 9.59 Å². The van der Waals surface area contributed by atoms with Crippen LogP contribution < -0.4 is 15.0 Å². The molecule has 1 saturated carbocycles. The Morgan fingerprint density at radius 1 is 1.04 bits per heavy atom. The maximum atomic E-state index is 12.6. The third-order valence-electron chi connectivity index (χ3n) is 4.81. The maximum Gasteiger partial charge on any atom is 0.262 e. The molecular formula is C21H22N2O3. The first-order valence-corrected chi connectivity index (χ1v) is 9.11. The lowest BCUT2D eigenvalue weighted by Crippen LogP contribution is -2.51. The van der Waals surface area contributed by atoms with E-state index >= 15 is 0 Å². The number of nitrogens with one attached hydrogen (secondary N) is 1. The summed E-state index contributed by atoms with van der Waals surface area (Å²) in [5.41, 5.74) is 1.94. The molecule has 5 nitrogen and oxygen atoms in total. The van der Waals surface area contributed by atoms with Gasteiger partial charge >= 0.3 is 0 Å². The number of rotatable bonds is 5. The van der Waals surface area contributed by atoms with Crippen molar-refractivity contribution in [2.75, 3.05) is 18.0 Å². The van der Waals surface area contributed by atoms with E-state index in [1.54, 1.807) is 4.90 Å². The Hall–Kier alpha value is -2.82. The number of carbonyl (C=O) groups is 2. The Morgan fingerprint density at radius 2 is 1.77 bits per heavy atom. The summed E-state index contributed by atoms with van der Waals surface area (Å²) in [7, 11) is 0. The van der Waals surface area contributed by atoms with Crippen molar-refractivity contribution < 1.29 is 14.3 Å². The van der Waals surface area contributed by atoms with E-state index in [0.717, 1.165) is 24.9 Å². The fraction of sp³-hybridized carbons (Fsp3) is 0.333. The third kappa shape index (κ3) is 3.57. The van der Waals surface area contributed by atoms with E-state index in [0.29, 0.717) is 12.3 Å². The van der Waals surface area contributed by atoms with Gasteiger partial charge in [0.2, 0.25) is 5.91 Å². The molecule has 0 saturated heterocycles. The van der Waals surface area contributed by atoms with Crippen molar-refractivity contribution in [3.63, 3.8) is 0 Å². The normalized spacial score (nSPS) is 18.6. The van der Waals surface area contributed by atoms with Crippen LogP contribution in [0.15, 0.2) is 54.6 Å². The molecule has 0 bridgehead atoms. The van der Waals surface area contributed by atoms with Crippen LogP contribution in [0.3, 0.4) is 0 Å². The van der Waals surface area contributed by atoms with Gasteiger partial charge < -0.3 is 15.0 Å². The van der Waals surface area contributed by atoms with E-state index in [2.05, 4.69) is 5.32 Å². The zero-order chi connectivity index (χ0) is 17.9. The van der Waals surface area contributed by atoms with Gasteiger partial charge in [0.15, 0.2) is 6.10 Å². The standard InChI is InChI=1S/C21H22N2O3/c24-20(22-13-12-15-6-2-1-3-7-15)19-14-23(21(25)16-10-11-16)17-8-4-5-9-18(17)26-19/h1-9,16,19H,10-14H2,(H,22,24)/t19-/m1/s1. The minimum Gasteiger partial charge on any atom is -0.477 e. The number of ether oxygens (including phenoxy) is 1. The smallest absolute Gasteiger partial charge is 0.262 e. The quantitative estimate of drug-likeness (QED) is 0.902. The molecule has 2 aromatic rings. The summed E-state index contributed by atoms with van der Waals surface area (Å²) < 4.78 is 5.87. The lowest BCUT2D eigenvalue weighted by Gasteiger charge is -2.34. The number of hydrogen-bond donors (Lipinski definition) is 1. The van der Waals surface area contributed by atoms with Crippen LogP contribution in [0.4, 0.5) is 5.69 Å². The number of benzene rings is 2. The molecule has 0 radical (unpaired) electrons. The van der Waals surface area contributed by atoms with Crippen molar-refractivity contribution in [3.8, 4) is 5.75 Å². The second-order valence-corrected chi connectivity index (χ2v) is 6.82. The molecule has 0 unspecified atom stereocenters. The highest BCUT2D eigenvalue weighted by Crippen LogP contribution is 2.38. The number of anilines is 1. The molecule has 1 fully saturated rings. The Bertz CT molecular complexity index is 802. The second-order valence-electron chi connectivity index (χ2n) is 6.82. The van der Waals surface area contributed by atoms with Crippen molar-refractivity contribution in [3.05, 3.63) is 60.2 Å². The highest BCUT2D eigenvalue weighted by molar-refractivity contribution is 5.99. The zero-order valence-electron chi connectivity index (χ0n) is 14.6. The fourth-order valence-electron chi connectivity index (χ4n) is 3.22. The number of hydrogen-bond acceptors (Lipinski definition) is 3. The molecule has 5 heteroatoms. The van der Waals surface area contributed by atoms with Gasteiger partial charge in [-0.05, 0) is 37.0 Å². The average molecular weight is 350 g/mol. The van der Waals surface area contributed by atoms with Gasteiger partial charge in [-0.25, -0.2) is 0 Å².